The maximum atomic E-state index is 5.73. The van der Waals surface area contributed by atoms with Gasteiger partial charge in [-0.3, -0.25) is 4.99 Å². The average Bonchev–Trinajstić information content (AvgIpc) is 2.15. The van der Waals surface area contributed by atoms with Crippen LogP contribution in [0.3, 0.4) is 0 Å². The third kappa shape index (κ3) is 4.31. The molecule has 70 valence electrons. The van der Waals surface area contributed by atoms with Crippen LogP contribution in [0.1, 0.15) is 19.8 Å². The molecule has 1 atom stereocenters. The molecule has 1 heterocycles. The van der Waals surface area contributed by atoms with Crippen molar-refractivity contribution in [3.8, 4) is 0 Å². The SMILES string of the molecule is CC1/C=C\C(N)=C/C/C=C\CC=N1. The highest BCUT2D eigenvalue weighted by molar-refractivity contribution is 5.59. The minimum absolute atomic E-state index is 0.221. The fourth-order valence-electron chi connectivity index (χ4n) is 1.05. The summed E-state index contributed by atoms with van der Waals surface area (Å²) in [6, 6.07) is 0.221. The summed E-state index contributed by atoms with van der Waals surface area (Å²) >= 11 is 0. The van der Waals surface area contributed by atoms with Gasteiger partial charge in [0.15, 0.2) is 0 Å². The lowest BCUT2D eigenvalue weighted by atomic mass is 10.2. The van der Waals surface area contributed by atoms with Gasteiger partial charge in [-0.2, -0.15) is 0 Å². The number of nitrogens with zero attached hydrogens (tertiary/aromatic N) is 1. The van der Waals surface area contributed by atoms with Crippen LogP contribution < -0.4 is 5.73 Å². The summed E-state index contributed by atoms with van der Waals surface area (Å²) in [5.41, 5.74) is 6.54. The molecule has 0 bridgehead atoms. The van der Waals surface area contributed by atoms with Crippen LogP contribution in [-0.4, -0.2) is 12.3 Å². The fraction of sp³-hybridized carbons (Fsp3) is 0.364. The lowest BCUT2D eigenvalue weighted by Gasteiger charge is -1.97. The normalized spacial score (nSPS) is 32.7. The molecule has 1 unspecified atom stereocenters. The molecule has 1 rings (SSSR count). The van der Waals surface area contributed by atoms with Crippen molar-refractivity contribution in [2.45, 2.75) is 25.8 Å². The van der Waals surface area contributed by atoms with Gasteiger partial charge >= 0.3 is 0 Å². The van der Waals surface area contributed by atoms with E-state index in [1.165, 1.54) is 0 Å². The minimum Gasteiger partial charge on any atom is -0.399 e. The molecule has 0 aliphatic carbocycles. The van der Waals surface area contributed by atoms with Gasteiger partial charge in [-0.15, -0.1) is 0 Å². The third-order valence-electron chi connectivity index (χ3n) is 1.81. The standard InChI is InChI=1S/C11H16N2/c1-10-7-8-11(12)6-4-2-3-5-9-13-10/h2-3,6-10H,4-5,12H2,1H3/b3-2-,8-7-,11-6+,13-9?. The van der Waals surface area contributed by atoms with Crippen molar-refractivity contribution in [3.63, 3.8) is 0 Å². The molecular formula is C11H16N2. The Balaban J connectivity index is 2.70. The zero-order valence-electron chi connectivity index (χ0n) is 7.98. The first kappa shape index (κ1) is 9.78. The molecule has 0 saturated heterocycles. The number of nitrogens with two attached hydrogens (primary N) is 1. The first-order chi connectivity index (χ1) is 6.29. The predicted molar refractivity (Wildman–Crippen MR) is 57.7 cm³/mol. The zero-order valence-corrected chi connectivity index (χ0v) is 7.98. The lowest BCUT2D eigenvalue weighted by molar-refractivity contribution is 0.927. The largest absolute Gasteiger partial charge is 0.399 e. The minimum atomic E-state index is 0.221. The molecule has 0 aromatic rings. The van der Waals surface area contributed by atoms with Gasteiger partial charge in [0.25, 0.3) is 0 Å². The van der Waals surface area contributed by atoms with Crippen molar-refractivity contribution in [2.24, 2.45) is 10.7 Å². The van der Waals surface area contributed by atoms with Crippen molar-refractivity contribution in [1.29, 1.82) is 0 Å². The van der Waals surface area contributed by atoms with E-state index < -0.39 is 0 Å². The topological polar surface area (TPSA) is 38.4 Å². The Morgan fingerprint density at radius 1 is 1.38 bits per heavy atom. The van der Waals surface area contributed by atoms with Gasteiger partial charge in [0.1, 0.15) is 0 Å². The van der Waals surface area contributed by atoms with Gasteiger partial charge in [0.05, 0.1) is 6.04 Å². The van der Waals surface area contributed by atoms with E-state index in [0.29, 0.717) is 0 Å². The monoisotopic (exact) mass is 176 g/mol. The highest BCUT2D eigenvalue weighted by Crippen LogP contribution is 1.99. The Morgan fingerprint density at radius 3 is 3.00 bits per heavy atom. The maximum absolute atomic E-state index is 5.73. The molecule has 0 spiro atoms. The van der Waals surface area contributed by atoms with E-state index in [4.69, 9.17) is 5.73 Å². The third-order valence-corrected chi connectivity index (χ3v) is 1.81. The van der Waals surface area contributed by atoms with E-state index in [1.807, 2.05) is 31.4 Å². The number of aliphatic imine (C=N–C) groups is 1. The summed E-state index contributed by atoms with van der Waals surface area (Å²) < 4.78 is 0. The molecule has 0 fully saturated rings. The van der Waals surface area contributed by atoms with E-state index in [0.717, 1.165) is 18.5 Å². The Hall–Kier alpha value is -1.31. The molecule has 13 heavy (non-hydrogen) atoms. The van der Waals surface area contributed by atoms with Crippen LogP contribution in [-0.2, 0) is 0 Å². The van der Waals surface area contributed by atoms with Crippen LogP contribution in [0.25, 0.3) is 0 Å². The van der Waals surface area contributed by atoms with E-state index in [-0.39, 0.29) is 6.04 Å². The molecule has 0 aromatic carbocycles. The smallest absolute Gasteiger partial charge is 0.0651 e. The van der Waals surface area contributed by atoms with Crippen molar-refractivity contribution >= 4 is 6.21 Å². The summed E-state index contributed by atoms with van der Waals surface area (Å²) in [4.78, 5) is 4.32. The molecule has 0 saturated carbocycles. The van der Waals surface area contributed by atoms with Gasteiger partial charge < -0.3 is 5.73 Å². The van der Waals surface area contributed by atoms with Crippen molar-refractivity contribution in [2.75, 3.05) is 0 Å². The molecule has 0 aromatic heterocycles. The van der Waals surface area contributed by atoms with Gasteiger partial charge in [0, 0.05) is 18.3 Å². The predicted octanol–water partition coefficient (Wildman–Crippen LogP) is 2.19. The van der Waals surface area contributed by atoms with Crippen LogP contribution in [0.5, 0.6) is 0 Å². The van der Waals surface area contributed by atoms with Crippen molar-refractivity contribution < 1.29 is 0 Å². The van der Waals surface area contributed by atoms with E-state index in [2.05, 4.69) is 17.1 Å². The molecule has 0 amide bonds. The molecule has 2 nitrogen and oxygen atoms in total. The Bertz CT molecular complexity index is 259. The van der Waals surface area contributed by atoms with Gasteiger partial charge in [-0.05, 0) is 19.4 Å². The summed E-state index contributed by atoms with van der Waals surface area (Å²) in [6.45, 7) is 2.04. The quantitative estimate of drug-likeness (QED) is 0.564. The first-order valence-corrected chi connectivity index (χ1v) is 4.59. The second-order valence-electron chi connectivity index (χ2n) is 3.08. The van der Waals surface area contributed by atoms with E-state index in [9.17, 15) is 0 Å². The number of hydrogen-bond acceptors (Lipinski definition) is 2. The molecule has 0 radical (unpaired) electrons. The maximum Gasteiger partial charge on any atom is 0.0651 e. The Morgan fingerprint density at radius 2 is 2.15 bits per heavy atom. The summed E-state index contributed by atoms with van der Waals surface area (Å²) in [7, 11) is 0. The number of allylic oxidation sites excluding steroid dienone is 4. The number of rotatable bonds is 0. The van der Waals surface area contributed by atoms with E-state index in [1.54, 1.807) is 0 Å². The van der Waals surface area contributed by atoms with Crippen LogP contribution >= 0.6 is 0 Å². The summed E-state index contributed by atoms with van der Waals surface area (Å²) in [5, 5.41) is 0. The van der Waals surface area contributed by atoms with Crippen molar-refractivity contribution in [1.82, 2.24) is 0 Å². The highest BCUT2D eigenvalue weighted by atomic mass is 14.7. The average molecular weight is 176 g/mol. The Labute approximate surface area is 79.5 Å². The van der Waals surface area contributed by atoms with Crippen molar-refractivity contribution in [3.05, 3.63) is 36.1 Å². The first-order valence-electron chi connectivity index (χ1n) is 4.59. The second-order valence-corrected chi connectivity index (χ2v) is 3.08. The summed E-state index contributed by atoms with van der Waals surface area (Å²) in [5.74, 6) is 0. The second kappa shape index (κ2) is 5.36. The fourth-order valence-corrected chi connectivity index (χ4v) is 1.05. The molecule has 1 aliphatic heterocycles. The van der Waals surface area contributed by atoms with Crippen LogP contribution in [0.15, 0.2) is 41.1 Å². The zero-order chi connectivity index (χ0) is 9.52. The van der Waals surface area contributed by atoms with Crippen LogP contribution in [0, 0.1) is 0 Å². The molecular weight excluding hydrogens is 160 g/mol. The Kier molecular flexibility index (Phi) is 4.03. The molecule has 1 aliphatic rings. The molecule has 2 N–H and O–H groups in total. The van der Waals surface area contributed by atoms with E-state index >= 15 is 0 Å². The highest BCUT2D eigenvalue weighted by Gasteiger charge is 1.90. The van der Waals surface area contributed by atoms with Gasteiger partial charge in [-0.25, -0.2) is 0 Å². The molecule has 2 heteroatoms. The van der Waals surface area contributed by atoms with Gasteiger partial charge in [-0.1, -0.05) is 24.3 Å². The van der Waals surface area contributed by atoms with Crippen LogP contribution in [0.4, 0.5) is 0 Å². The van der Waals surface area contributed by atoms with Crippen LogP contribution in [0.2, 0.25) is 0 Å². The van der Waals surface area contributed by atoms with Gasteiger partial charge in [0.2, 0.25) is 0 Å². The lowest BCUT2D eigenvalue weighted by Crippen LogP contribution is -1.96. The summed E-state index contributed by atoms with van der Waals surface area (Å²) in [6.07, 6.45) is 13.9. The number of hydrogen-bond donors (Lipinski definition) is 1.